The van der Waals surface area contributed by atoms with Crippen LogP contribution in [0.2, 0.25) is 0 Å². The quantitative estimate of drug-likeness (QED) is 0.836. The summed E-state index contributed by atoms with van der Waals surface area (Å²) in [5.74, 6) is 1.85. The lowest BCUT2D eigenvalue weighted by atomic mass is 10.2. The summed E-state index contributed by atoms with van der Waals surface area (Å²) in [5.41, 5.74) is 0.671. The van der Waals surface area contributed by atoms with E-state index in [9.17, 15) is 4.79 Å². The maximum atomic E-state index is 13.0. The van der Waals surface area contributed by atoms with Gasteiger partial charge in [0.2, 0.25) is 0 Å². The van der Waals surface area contributed by atoms with Crippen LogP contribution in [-0.4, -0.2) is 70.5 Å². The van der Waals surface area contributed by atoms with Gasteiger partial charge in [0, 0.05) is 65.9 Å². The van der Waals surface area contributed by atoms with E-state index in [0.717, 1.165) is 50.8 Å². The number of rotatable bonds is 4. The maximum Gasteiger partial charge on any atom is 0.257 e. The molecule has 0 unspecified atom stereocenters. The SMILES string of the molecule is CN(C)c1ncccc1C(=O)N1CCCN(Cc2nccn2C)CC1. The number of carbonyl (C=O) groups excluding carboxylic acids is 1. The summed E-state index contributed by atoms with van der Waals surface area (Å²) < 4.78 is 2.05. The molecule has 0 aromatic carbocycles. The molecule has 2 aromatic heterocycles. The van der Waals surface area contributed by atoms with Gasteiger partial charge in [0.25, 0.3) is 5.91 Å². The molecule has 1 saturated heterocycles. The Morgan fingerprint density at radius 2 is 2.00 bits per heavy atom. The summed E-state index contributed by atoms with van der Waals surface area (Å²) in [6, 6.07) is 3.69. The summed E-state index contributed by atoms with van der Waals surface area (Å²) >= 11 is 0. The fraction of sp³-hybridized carbons (Fsp3) is 0.500. The normalized spacial score (nSPS) is 15.9. The van der Waals surface area contributed by atoms with Crippen molar-refractivity contribution in [3.63, 3.8) is 0 Å². The first-order valence-corrected chi connectivity index (χ1v) is 8.66. The molecule has 0 radical (unpaired) electrons. The van der Waals surface area contributed by atoms with Gasteiger partial charge >= 0.3 is 0 Å². The monoisotopic (exact) mass is 342 g/mol. The van der Waals surface area contributed by atoms with Crippen LogP contribution in [0.25, 0.3) is 0 Å². The van der Waals surface area contributed by atoms with Gasteiger partial charge in [-0.25, -0.2) is 9.97 Å². The Morgan fingerprint density at radius 3 is 2.72 bits per heavy atom. The van der Waals surface area contributed by atoms with E-state index in [2.05, 4.69) is 14.9 Å². The largest absolute Gasteiger partial charge is 0.362 e. The fourth-order valence-corrected chi connectivity index (χ4v) is 3.17. The van der Waals surface area contributed by atoms with Crippen LogP contribution >= 0.6 is 0 Å². The number of carbonyl (C=O) groups is 1. The molecule has 1 aliphatic heterocycles. The predicted octanol–water partition coefficient (Wildman–Crippen LogP) is 1.23. The molecule has 0 N–H and O–H groups in total. The van der Waals surface area contributed by atoms with E-state index in [4.69, 9.17) is 0 Å². The van der Waals surface area contributed by atoms with Crippen LogP contribution in [0.4, 0.5) is 5.82 Å². The van der Waals surface area contributed by atoms with Crippen LogP contribution in [0.15, 0.2) is 30.7 Å². The minimum atomic E-state index is 0.0654. The number of hydrogen-bond acceptors (Lipinski definition) is 5. The molecule has 2 aromatic rings. The van der Waals surface area contributed by atoms with Crippen LogP contribution in [0.3, 0.4) is 0 Å². The summed E-state index contributed by atoms with van der Waals surface area (Å²) in [6.07, 6.45) is 6.49. The topological polar surface area (TPSA) is 57.5 Å². The van der Waals surface area contributed by atoms with Crippen LogP contribution in [-0.2, 0) is 13.6 Å². The number of amides is 1. The van der Waals surface area contributed by atoms with Gasteiger partial charge in [0.1, 0.15) is 11.6 Å². The molecule has 0 atom stereocenters. The van der Waals surface area contributed by atoms with Crippen LogP contribution in [0, 0.1) is 0 Å². The van der Waals surface area contributed by atoms with Crippen molar-refractivity contribution in [1.29, 1.82) is 0 Å². The summed E-state index contributed by atoms with van der Waals surface area (Å²) in [5, 5.41) is 0. The zero-order chi connectivity index (χ0) is 17.8. The number of hydrogen-bond donors (Lipinski definition) is 0. The average Bonchev–Trinajstić information content (AvgIpc) is 2.87. The third-order valence-corrected chi connectivity index (χ3v) is 4.60. The molecule has 3 heterocycles. The molecule has 0 bridgehead atoms. The average molecular weight is 342 g/mol. The van der Waals surface area contributed by atoms with Gasteiger partial charge in [-0.3, -0.25) is 9.69 Å². The molecule has 7 heteroatoms. The van der Waals surface area contributed by atoms with Crippen molar-refractivity contribution in [3.8, 4) is 0 Å². The number of nitrogens with zero attached hydrogens (tertiary/aromatic N) is 6. The smallest absolute Gasteiger partial charge is 0.257 e. The Kier molecular flexibility index (Phi) is 5.33. The van der Waals surface area contributed by atoms with Crippen molar-refractivity contribution in [2.45, 2.75) is 13.0 Å². The zero-order valence-electron chi connectivity index (χ0n) is 15.2. The lowest BCUT2D eigenvalue weighted by molar-refractivity contribution is 0.0761. The van der Waals surface area contributed by atoms with Crippen molar-refractivity contribution < 1.29 is 4.79 Å². The first-order chi connectivity index (χ1) is 12.1. The first kappa shape index (κ1) is 17.4. The third kappa shape index (κ3) is 3.99. The van der Waals surface area contributed by atoms with E-state index in [1.54, 1.807) is 6.20 Å². The highest BCUT2D eigenvalue weighted by atomic mass is 16.2. The lowest BCUT2D eigenvalue weighted by Crippen LogP contribution is -2.36. The summed E-state index contributed by atoms with van der Waals surface area (Å²) in [7, 11) is 5.84. The minimum Gasteiger partial charge on any atom is -0.362 e. The predicted molar refractivity (Wildman–Crippen MR) is 97.6 cm³/mol. The maximum absolute atomic E-state index is 13.0. The summed E-state index contributed by atoms with van der Waals surface area (Å²) in [4.78, 5) is 27.9. The van der Waals surface area contributed by atoms with E-state index in [1.807, 2.05) is 60.0 Å². The second-order valence-corrected chi connectivity index (χ2v) is 6.65. The first-order valence-electron chi connectivity index (χ1n) is 8.66. The fourth-order valence-electron chi connectivity index (χ4n) is 3.17. The number of aromatic nitrogens is 3. The number of pyridine rings is 1. The molecule has 3 rings (SSSR count). The van der Waals surface area contributed by atoms with Gasteiger partial charge in [-0.05, 0) is 18.6 Å². The number of anilines is 1. The Morgan fingerprint density at radius 1 is 1.16 bits per heavy atom. The van der Waals surface area contributed by atoms with Crippen molar-refractivity contribution in [3.05, 3.63) is 42.1 Å². The molecular weight excluding hydrogens is 316 g/mol. The van der Waals surface area contributed by atoms with Crippen molar-refractivity contribution in [2.75, 3.05) is 45.2 Å². The van der Waals surface area contributed by atoms with Crippen molar-refractivity contribution in [1.82, 2.24) is 24.3 Å². The van der Waals surface area contributed by atoms with Crippen molar-refractivity contribution in [2.24, 2.45) is 7.05 Å². The Hall–Kier alpha value is -2.41. The van der Waals surface area contributed by atoms with E-state index >= 15 is 0 Å². The zero-order valence-corrected chi connectivity index (χ0v) is 15.2. The van der Waals surface area contributed by atoms with Gasteiger partial charge in [0.05, 0.1) is 12.1 Å². The van der Waals surface area contributed by atoms with Gasteiger partial charge in [-0.2, -0.15) is 0 Å². The standard InChI is InChI=1S/C18H26N6O/c1-21(2)17-15(6-4-7-20-17)18(25)24-10-5-9-23(12-13-24)14-16-19-8-11-22(16)3/h4,6-8,11H,5,9-10,12-14H2,1-3H3. The molecule has 1 amide bonds. The molecule has 134 valence electrons. The van der Waals surface area contributed by atoms with Crippen LogP contribution in [0.1, 0.15) is 22.6 Å². The minimum absolute atomic E-state index is 0.0654. The molecule has 0 spiro atoms. The molecule has 25 heavy (non-hydrogen) atoms. The van der Waals surface area contributed by atoms with E-state index in [-0.39, 0.29) is 5.91 Å². The Bertz CT molecular complexity index is 726. The van der Waals surface area contributed by atoms with Gasteiger partial charge in [-0.15, -0.1) is 0 Å². The second-order valence-electron chi connectivity index (χ2n) is 6.65. The lowest BCUT2D eigenvalue weighted by Gasteiger charge is -2.24. The highest BCUT2D eigenvalue weighted by Crippen LogP contribution is 2.18. The van der Waals surface area contributed by atoms with E-state index in [1.165, 1.54) is 0 Å². The third-order valence-electron chi connectivity index (χ3n) is 4.60. The molecule has 1 aliphatic rings. The number of aryl methyl sites for hydroxylation is 1. The summed E-state index contributed by atoms with van der Waals surface area (Å²) in [6.45, 7) is 4.16. The van der Waals surface area contributed by atoms with E-state index in [0.29, 0.717) is 5.56 Å². The molecule has 0 aliphatic carbocycles. The highest BCUT2D eigenvalue weighted by molar-refractivity contribution is 5.98. The Labute approximate surface area is 148 Å². The Balaban J connectivity index is 1.67. The van der Waals surface area contributed by atoms with Gasteiger partial charge in [-0.1, -0.05) is 0 Å². The highest BCUT2D eigenvalue weighted by Gasteiger charge is 2.23. The van der Waals surface area contributed by atoms with Crippen LogP contribution in [0.5, 0.6) is 0 Å². The van der Waals surface area contributed by atoms with Gasteiger partial charge < -0.3 is 14.4 Å². The second kappa shape index (κ2) is 7.65. The number of imidazole rings is 1. The van der Waals surface area contributed by atoms with E-state index < -0.39 is 0 Å². The molecular formula is C18H26N6O. The van der Waals surface area contributed by atoms with Crippen LogP contribution < -0.4 is 4.90 Å². The van der Waals surface area contributed by atoms with Gasteiger partial charge in [0.15, 0.2) is 0 Å². The molecule has 7 nitrogen and oxygen atoms in total. The molecule has 1 fully saturated rings. The van der Waals surface area contributed by atoms with Crippen molar-refractivity contribution >= 4 is 11.7 Å². The molecule has 0 saturated carbocycles.